The van der Waals surface area contributed by atoms with Crippen molar-refractivity contribution in [3.63, 3.8) is 0 Å². The molecule has 0 atom stereocenters. The normalized spacial score (nSPS) is 10.5. The van der Waals surface area contributed by atoms with Crippen molar-refractivity contribution in [2.45, 2.75) is 6.92 Å². The molecular formula is C8H8O2. The van der Waals surface area contributed by atoms with E-state index in [2.05, 4.69) is 4.42 Å². The van der Waals surface area contributed by atoms with E-state index in [1.54, 1.807) is 24.3 Å². The minimum absolute atomic E-state index is 0.291. The fourth-order valence-corrected chi connectivity index (χ4v) is 0.683. The Labute approximate surface area is 58.8 Å². The van der Waals surface area contributed by atoms with Gasteiger partial charge < -0.3 is 4.42 Å². The summed E-state index contributed by atoms with van der Waals surface area (Å²) in [7, 11) is 0. The first-order chi connectivity index (χ1) is 4.84. The van der Waals surface area contributed by atoms with Crippen LogP contribution in [-0.4, -0.2) is 0 Å². The highest BCUT2D eigenvalue weighted by Gasteiger charge is 1.90. The van der Waals surface area contributed by atoms with Gasteiger partial charge in [0, 0.05) is 0 Å². The first kappa shape index (κ1) is 6.81. The minimum atomic E-state index is -0.291. The lowest BCUT2D eigenvalue weighted by Crippen LogP contribution is -1.99. The summed E-state index contributed by atoms with van der Waals surface area (Å²) in [5.74, 6) is 0. The second kappa shape index (κ2) is 3.01. The Bertz CT molecular complexity index is 283. The molecule has 0 saturated carbocycles. The fraction of sp³-hybridized carbons (Fsp3) is 0.125. The summed E-state index contributed by atoms with van der Waals surface area (Å²) in [4.78, 5) is 10.8. The van der Waals surface area contributed by atoms with E-state index in [0.717, 1.165) is 0 Å². The Morgan fingerprint density at radius 1 is 1.60 bits per heavy atom. The summed E-state index contributed by atoms with van der Waals surface area (Å²) >= 11 is 0. The maximum atomic E-state index is 10.8. The molecule has 0 saturated heterocycles. The van der Waals surface area contributed by atoms with Gasteiger partial charge in [0.05, 0.1) is 11.8 Å². The summed E-state index contributed by atoms with van der Waals surface area (Å²) in [5.41, 5.74) is 0.297. The lowest BCUT2D eigenvalue weighted by molar-refractivity contribution is 0.509. The molecule has 0 amide bonds. The molecule has 10 heavy (non-hydrogen) atoms. The lowest BCUT2D eigenvalue weighted by Gasteiger charge is -1.85. The third-order valence-electron chi connectivity index (χ3n) is 1.11. The molecule has 0 aliphatic heterocycles. The van der Waals surface area contributed by atoms with Crippen molar-refractivity contribution < 1.29 is 4.42 Å². The molecule has 52 valence electrons. The van der Waals surface area contributed by atoms with Crippen molar-refractivity contribution in [3.8, 4) is 0 Å². The van der Waals surface area contributed by atoms with Gasteiger partial charge >= 0.3 is 5.63 Å². The second-order valence-electron chi connectivity index (χ2n) is 1.86. The van der Waals surface area contributed by atoms with Crippen molar-refractivity contribution >= 4 is 6.08 Å². The Morgan fingerprint density at radius 2 is 2.40 bits per heavy atom. The van der Waals surface area contributed by atoms with Crippen LogP contribution in [0.2, 0.25) is 0 Å². The zero-order chi connectivity index (χ0) is 7.40. The van der Waals surface area contributed by atoms with Gasteiger partial charge in [-0.05, 0) is 19.1 Å². The van der Waals surface area contributed by atoms with Crippen molar-refractivity contribution in [2.75, 3.05) is 0 Å². The maximum absolute atomic E-state index is 10.8. The van der Waals surface area contributed by atoms with E-state index in [9.17, 15) is 4.79 Å². The molecule has 0 unspecified atom stereocenters. The van der Waals surface area contributed by atoms with E-state index in [1.807, 2.05) is 6.92 Å². The Morgan fingerprint density at radius 3 is 3.00 bits per heavy atom. The quantitative estimate of drug-likeness (QED) is 0.587. The molecule has 1 aromatic heterocycles. The van der Waals surface area contributed by atoms with Gasteiger partial charge in [0.2, 0.25) is 0 Å². The summed E-state index contributed by atoms with van der Waals surface area (Å²) in [6.45, 7) is 1.85. The van der Waals surface area contributed by atoms with E-state index in [0.29, 0.717) is 5.56 Å². The molecular weight excluding hydrogens is 128 g/mol. The minimum Gasteiger partial charge on any atom is -0.431 e. The molecule has 1 aromatic rings. The summed E-state index contributed by atoms with van der Waals surface area (Å²) in [5, 5.41) is 0. The molecule has 0 aliphatic carbocycles. The van der Waals surface area contributed by atoms with Gasteiger partial charge in [0.1, 0.15) is 0 Å². The molecule has 0 aromatic carbocycles. The molecule has 2 nitrogen and oxygen atoms in total. The first-order valence-electron chi connectivity index (χ1n) is 3.05. The highest BCUT2D eigenvalue weighted by atomic mass is 16.4. The van der Waals surface area contributed by atoms with E-state index in [4.69, 9.17) is 0 Å². The zero-order valence-electron chi connectivity index (χ0n) is 5.70. The van der Waals surface area contributed by atoms with Crippen LogP contribution in [0.4, 0.5) is 0 Å². The molecule has 1 heterocycles. The van der Waals surface area contributed by atoms with E-state index < -0.39 is 0 Å². The van der Waals surface area contributed by atoms with Crippen molar-refractivity contribution in [3.05, 3.63) is 40.5 Å². The van der Waals surface area contributed by atoms with Crippen LogP contribution in [0.5, 0.6) is 0 Å². The smallest absolute Gasteiger partial charge is 0.342 e. The SMILES string of the molecule is C/C=C/c1cccoc1=O. The summed E-state index contributed by atoms with van der Waals surface area (Å²) in [6, 6.07) is 3.41. The van der Waals surface area contributed by atoms with Crippen LogP contribution in [0.25, 0.3) is 6.08 Å². The zero-order valence-corrected chi connectivity index (χ0v) is 5.70. The summed E-state index contributed by atoms with van der Waals surface area (Å²) < 4.78 is 4.60. The number of allylic oxidation sites excluding steroid dienone is 1. The molecule has 0 spiro atoms. The third kappa shape index (κ3) is 1.35. The number of hydrogen-bond acceptors (Lipinski definition) is 2. The van der Waals surface area contributed by atoms with Gasteiger partial charge in [-0.25, -0.2) is 4.79 Å². The monoisotopic (exact) mass is 136 g/mol. The summed E-state index contributed by atoms with van der Waals surface area (Å²) in [6.07, 6.45) is 4.88. The number of hydrogen-bond donors (Lipinski definition) is 0. The van der Waals surface area contributed by atoms with E-state index >= 15 is 0 Å². The Hall–Kier alpha value is -1.31. The molecule has 0 radical (unpaired) electrons. The van der Waals surface area contributed by atoms with Crippen molar-refractivity contribution in [1.29, 1.82) is 0 Å². The average Bonchev–Trinajstić information content (AvgIpc) is 1.94. The number of rotatable bonds is 1. The highest BCUT2D eigenvalue weighted by molar-refractivity contribution is 5.45. The predicted octanol–water partition coefficient (Wildman–Crippen LogP) is 1.67. The van der Waals surface area contributed by atoms with Gasteiger partial charge in [-0.15, -0.1) is 0 Å². The van der Waals surface area contributed by atoms with Crippen LogP contribution in [0.3, 0.4) is 0 Å². The molecule has 0 N–H and O–H groups in total. The van der Waals surface area contributed by atoms with Gasteiger partial charge in [-0.1, -0.05) is 12.2 Å². The predicted molar refractivity (Wildman–Crippen MR) is 39.7 cm³/mol. The van der Waals surface area contributed by atoms with Crippen LogP contribution in [0.1, 0.15) is 12.5 Å². The van der Waals surface area contributed by atoms with E-state index in [-0.39, 0.29) is 5.63 Å². The van der Waals surface area contributed by atoms with Crippen molar-refractivity contribution in [1.82, 2.24) is 0 Å². The Kier molecular flexibility index (Phi) is 2.05. The molecule has 0 bridgehead atoms. The van der Waals surface area contributed by atoms with Crippen LogP contribution in [-0.2, 0) is 0 Å². The molecule has 0 aliphatic rings. The first-order valence-corrected chi connectivity index (χ1v) is 3.05. The second-order valence-corrected chi connectivity index (χ2v) is 1.86. The average molecular weight is 136 g/mol. The molecule has 2 heteroatoms. The van der Waals surface area contributed by atoms with Crippen molar-refractivity contribution in [2.24, 2.45) is 0 Å². The van der Waals surface area contributed by atoms with Crippen LogP contribution in [0, 0.1) is 0 Å². The topological polar surface area (TPSA) is 30.2 Å². The van der Waals surface area contributed by atoms with Gasteiger partial charge in [0.25, 0.3) is 0 Å². The molecule has 0 fully saturated rings. The largest absolute Gasteiger partial charge is 0.431 e. The van der Waals surface area contributed by atoms with Crippen LogP contribution < -0.4 is 5.63 Å². The fourth-order valence-electron chi connectivity index (χ4n) is 0.683. The van der Waals surface area contributed by atoms with Gasteiger partial charge in [-0.3, -0.25) is 0 Å². The van der Waals surface area contributed by atoms with E-state index in [1.165, 1.54) is 6.26 Å². The molecule has 1 rings (SSSR count). The third-order valence-corrected chi connectivity index (χ3v) is 1.11. The highest BCUT2D eigenvalue weighted by Crippen LogP contribution is 1.92. The van der Waals surface area contributed by atoms with Gasteiger partial charge in [-0.2, -0.15) is 0 Å². The van der Waals surface area contributed by atoms with Crippen LogP contribution >= 0.6 is 0 Å². The lowest BCUT2D eigenvalue weighted by atomic mass is 10.3. The Balaban J connectivity index is 3.16. The maximum Gasteiger partial charge on any atom is 0.342 e. The van der Waals surface area contributed by atoms with Gasteiger partial charge in [0.15, 0.2) is 0 Å². The standard InChI is InChI=1S/C8H8O2/c1-2-4-7-5-3-6-10-8(7)9/h2-6H,1H3/b4-2+. The van der Waals surface area contributed by atoms with Crippen LogP contribution in [0.15, 0.2) is 33.7 Å².